The summed E-state index contributed by atoms with van der Waals surface area (Å²) in [6.45, 7) is 0. The molecule has 0 amide bonds. The first kappa shape index (κ1) is 12.2. The van der Waals surface area contributed by atoms with E-state index < -0.39 is 0 Å². The molecule has 0 bridgehead atoms. The summed E-state index contributed by atoms with van der Waals surface area (Å²) in [6, 6.07) is 16.8. The third kappa shape index (κ3) is 2.44. The van der Waals surface area contributed by atoms with Crippen molar-refractivity contribution in [3.63, 3.8) is 0 Å². The molecule has 0 saturated heterocycles. The number of phenolic OH excluding ortho intramolecular Hbond substituents is 1. The number of anilines is 1. The van der Waals surface area contributed by atoms with Crippen LogP contribution in [0, 0.1) is 0 Å². The molecule has 0 fully saturated rings. The first-order chi connectivity index (χ1) is 9.84. The molecule has 2 aromatic carbocycles. The predicted molar refractivity (Wildman–Crippen MR) is 81.1 cm³/mol. The summed E-state index contributed by atoms with van der Waals surface area (Å²) < 4.78 is 0. The van der Waals surface area contributed by atoms with E-state index in [0.717, 1.165) is 16.6 Å². The molecule has 4 heteroatoms. The number of aromatic hydroxyl groups is 1. The molecule has 0 aliphatic carbocycles. The highest BCUT2D eigenvalue weighted by Gasteiger charge is 2.00. The second kappa shape index (κ2) is 5.40. The maximum Gasteiger partial charge on any atom is 0.124 e. The normalized spacial score (nSPS) is 11.0. The zero-order valence-corrected chi connectivity index (χ0v) is 10.7. The van der Waals surface area contributed by atoms with Crippen molar-refractivity contribution in [3.8, 4) is 5.75 Å². The highest BCUT2D eigenvalue weighted by atomic mass is 16.3. The maximum atomic E-state index is 9.65. The molecule has 0 saturated carbocycles. The molecule has 4 nitrogen and oxygen atoms in total. The van der Waals surface area contributed by atoms with Crippen LogP contribution in [0.15, 0.2) is 65.9 Å². The monoisotopic (exact) mass is 263 g/mol. The Balaban J connectivity index is 1.86. The minimum Gasteiger partial charge on any atom is -0.507 e. The second-order valence-electron chi connectivity index (χ2n) is 4.31. The first-order valence-corrected chi connectivity index (χ1v) is 6.25. The van der Waals surface area contributed by atoms with Crippen molar-refractivity contribution in [2.75, 3.05) is 5.43 Å². The molecule has 20 heavy (non-hydrogen) atoms. The Morgan fingerprint density at radius 2 is 1.85 bits per heavy atom. The lowest BCUT2D eigenvalue weighted by molar-refractivity contribution is 0.474. The highest BCUT2D eigenvalue weighted by Crippen LogP contribution is 2.20. The van der Waals surface area contributed by atoms with Crippen LogP contribution in [0.3, 0.4) is 0 Å². The Morgan fingerprint density at radius 3 is 2.75 bits per heavy atom. The summed E-state index contributed by atoms with van der Waals surface area (Å²) in [5, 5.41) is 14.8. The topological polar surface area (TPSA) is 57.5 Å². The van der Waals surface area contributed by atoms with Gasteiger partial charge in [-0.05, 0) is 24.3 Å². The number of nitrogens with one attached hydrogen (secondary N) is 1. The lowest BCUT2D eigenvalue weighted by Gasteiger charge is -2.04. The Kier molecular flexibility index (Phi) is 3.29. The van der Waals surface area contributed by atoms with Crippen LogP contribution in [0.4, 0.5) is 5.69 Å². The van der Waals surface area contributed by atoms with Crippen LogP contribution in [-0.2, 0) is 0 Å². The second-order valence-corrected chi connectivity index (χ2v) is 4.31. The minimum absolute atomic E-state index is 0.203. The number of aromatic nitrogens is 1. The average Bonchev–Trinajstić information content (AvgIpc) is 2.49. The van der Waals surface area contributed by atoms with Crippen LogP contribution in [-0.4, -0.2) is 16.3 Å². The number of benzene rings is 2. The van der Waals surface area contributed by atoms with Gasteiger partial charge in [0.15, 0.2) is 0 Å². The van der Waals surface area contributed by atoms with Crippen LogP contribution in [0.2, 0.25) is 0 Å². The molecule has 0 aliphatic heterocycles. The minimum atomic E-state index is 0.203. The highest BCUT2D eigenvalue weighted by molar-refractivity contribution is 5.91. The fraction of sp³-hybridized carbons (Fsp3) is 0. The van der Waals surface area contributed by atoms with Crippen LogP contribution in [0.5, 0.6) is 5.75 Å². The Hall–Kier alpha value is -2.88. The van der Waals surface area contributed by atoms with Crippen molar-refractivity contribution in [2.24, 2.45) is 5.10 Å². The Morgan fingerprint density at radius 1 is 1.00 bits per heavy atom. The summed E-state index contributed by atoms with van der Waals surface area (Å²) in [4.78, 5) is 4.34. The van der Waals surface area contributed by atoms with E-state index in [-0.39, 0.29) is 5.75 Å². The Bertz CT molecular complexity index is 763. The largest absolute Gasteiger partial charge is 0.507 e. The van der Waals surface area contributed by atoms with Crippen LogP contribution in [0.25, 0.3) is 10.9 Å². The SMILES string of the molecule is Oc1ccccc1C=NNc1cccc2cccnc12. The molecule has 1 aromatic heterocycles. The number of fused-ring (bicyclic) bond motifs is 1. The van der Waals surface area contributed by atoms with Gasteiger partial charge >= 0.3 is 0 Å². The maximum absolute atomic E-state index is 9.65. The van der Waals surface area contributed by atoms with E-state index in [1.165, 1.54) is 0 Å². The van der Waals surface area contributed by atoms with Crippen molar-refractivity contribution in [3.05, 3.63) is 66.4 Å². The third-order valence-electron chi connectivity index (χ3n) is 2.96. The van der Waals surface area contributed by atoms with Gasteiger partial charge in [-0.25, -0.2) is 0 Å². The number of hydrogen-bond acceptors (Lipinski definition) is 4. The van der Waals surface area contributed by atoms with Gasteiger partial charge in [0.25, 0.3) is 0 Å². The number of phenols is 1. The quantitative estimate of drug-likeness (QED) is 0.562. The number of hydrazone groups is 1. The fourth-order valence-corrected chi connectivity index (χ4v) is 1.96. The summed E-state index contributed by atoms with van der Waals surface area (Å²) in [5.41, 5.74) is 5.31. The Labute approximate surface area is 116 Å². The molecule has 0 unspecified atom stereocenters. The molecule has 2 N–H and O–H groups in total. The zero-order valence-electron chi connectivity index (χ0n) is 10.7. The number of nitrogens with zero attached hydrogens (tertiary/aromatic N) is 2. The van der Waals surface area contributed by atoms with E-state index in [2.05, 4.69) is 15.5 Å². The van der Waals surface area contributed by atoms with Gasteiger partial charge in [-0.3, -0.25) is 10.4 Å². The van der Waals surface area contributed by atoms with Gasteiger partial charge in [-0.15, -0.1) is 0 Å². The van der Waals surface area contributed by atoms with Gasteiger partial charge < -0.3 is 5.11 Å². The van der Waals surface area contributed by atoms with Crippen molar-refractivity contribution >= 4 is 22.8 Å². The summed E-state index contributed by atoms with van der Waals surface area (Å²) in [5.74, 6) is 0.203. The van der Waals surface area contributed by atoms with E-state index in [0.29, 0.717) is 5.56 Å². The number of rotatable bonds is 3. The van der Waals surface area contributed by atoms with Gasteiger partial charge in [0.2, 0.25) is 0 Å². The number of hydrogen-bond donors (Lipinski definition) is 2. The van der Waals surface area contributed by atoms with Crippen molar-refractivity contribution < 1.29 is 5.11 Å². The van der Waals surface area contributed by atoms with E-state index in [1.807, 2.05) is 36.4 Å². The van der Waals surface area contributed by atoms with Gasteiger partial charge in [0.1, 0.15) is 5.75 Å². The van der Waals surface area contributed by atoms with Crippen molar-refractivity contribution in [2.45, 2.75) is 0 Å². The van der Waals surface area contributed by atoms with E-state index >= 15 is 0 Å². The molecule has 3 rings (SSSR count). The smallest absolute Gasteiger partial charge is 0.124 e. The molecule has 0 atom stereocenters. The van der Waals surface area contributed by atoms with Crippen LogP contribution in [0.1, 0.15) is 5.56 Å². The molecule has 1 heterocycles. The summed E-state index contributed by atoms with van der Waals surface area (Å²) >= 11 is 0. The first-order valence-electron chi connectivity index (χ1n) is 6.25. The summed E-state index contributed by atoms with van der Waals surface area (Å²) in [7, 11) is 0. The van der Waals surface area contributed by atoms with E-state index in [9.17, 15) is 5.11 Å². The lowest BCUT2D eigenvalue weighted by atomic mass is 10.2. The molecule has 0 radical (unpaired) electrons. The van der Waals surface area contributed by atoms with Gasteiger partial charge in [-0.1, -0.05) is 30.3 Å². The molecule has 0 spiro atoms. The fourth-order valence-electron chi connectivity index (χ4n) is 1.96. The third-order valence-corrected chi connectivity index (χ3v) is 2.96. The van der Waals surface area contributed by atoms with E-state index in [1.54, 1.807) is 30.6 Å². The van der Waals surface area contributed by atoms with Gasteiger partial charge in [0.05, 0.1) is 17.4 Å². The molecule has 3 aromatic rings. The van der Waals surface area contributed by atoms with Gasteiger partial charge in [-0.2, -0.15) is 5.10 Å². The number of para-hydroxylation sites is 2. The van der Waals surface area contributed by atoms with Crippen molar-refractivity contribution in [1.82, 2.24) is 4.98 Å². The lowest BCUT2D eigenvalue weighted by Crippen LogP contribution is -1.93. The average molecular weight is 263 g/mol. The predicted octanol–water partition coefficient (Wildman–Crippen LogP) is 3.39. The van der Waals surface area contributed by atoms with E-state index in [4.69, 9.17) is 0 Å². The standard InChI is InChI=1S/C16H13N3O/c20-15-9-2-1-5-13(15)11-18-19-14-8-3-6-12-7-4-10-17-16(12)14/h1-11,19-20H. The van der Waals surface area contributed by atoms with Gasteiger partial charge in [0, 0.05) is 17.1 Å². The molecular formula is C16H13N3O. The molecular weight excluding hydrogens is 250 g/mol. The van der Waals surface area contributed by atoms with Crippen LogP contribution >= 0.6 is 0 Å². The zero-order chi connectivity index (χ0) is 13.8. The van der Waals surface area contributed by atoms with Crippen LogP contribution < -0.4 is 5.43 Å². The number of pyridine rings is 1. The summed E-state index contributed by atoms with van der Waals surface area (Å²) in [6.07, 6.45) is 3.33. The van der Waals surface area contributed by atoms with Crippen molar-refractivity contribution in [1.29, 1.82) is 0 Å². The molecule has 98 valence electrons. The molecule has 0 aliphatic rings.